The van der Waals surface area contributed by atoms with Crippen LogP contribution in [0.3, 0.4) is 0 Å². The van der Waals surface area contributed by atoms with E-state index >= 15 is 0 Å². The third-order valence-electron chi connectivity index (χ3n) is 1.80. The summed E-state index contributed by atoms with van der Waals surface area (Å²) >= 11 is 0. The highest BCUT2D eigenvalue weighted by atomic mass is 16.3. The predicted molar refractivity (Wildman–Crippen MR) is 44.3 cm³/mol. The SMILES string of the molecule is CCCC1=CCC(O)C=C1O. The minimum atomic E-state index is -0.490. The van der Waals surface area contributed by atoms with Crippen LogP contribution < -0.4 is 0 Å². The molecular weight excluding hydrogens is 140 g/mol. The molecule has 0 aromatic heterocycles. The molecule has 0 saturated heterocycles. The molecule has 0 aromatic carbocycles. The lowest BCUT2D eigenvalue weighted by Crippen LogP contribution is -2.08. The van der Waals surface area contributed by atoms with Crippen molar-refractivity contribution in [1.29, 1.82) is 0 Å². The minimum Gasteiger partial charge on any atom is -0.508 e. The van der Waals surface area contributed by atoms with Crippen LogP contribution in [0.15, 0.2) is 23.5 Å². The third kappa shape index (κ3) is 2.09. The molecule has 2 heteroatoms. The van der Waals surface area contributed by atoms with Gasteiger partial charge in [-0.3, -0.25) is 0 Å². The molecule has 2 N–H and O–H groups in total. The number of hydrogen-bond acceptors (Lipinski definition) is 2. The molecule has 0 heterocycles. The van der Waals surface area contributed by atoms with E-state index in [1.54, 1.807) is 0 Å². The lowest BCUT2D eigenvalue weighted by Gasteiger charge is -2.13. The van der Waals surface area contributed by atoms with Gasteiger partial charge >= 0.3 is 0 Å². The van der Waals surface area contributed by atoms with Gasteiger partial charge in [0.2, 0.25) is 0 Å². The third-order valence-corrected chi connectivity index (χ3v) is 1.80. The second-order valence-electron chi connectivity index (χ2n) is 2.83. The van der Waals surface area contributed by atoms with E-state index in [4.69, 9.17) is 5.11 Å². The van der Waals surface area contributed by atoms with Gasteiger partial charge in [-0.2, -0.15) is 0 Å². The summed E-state index contributed by atoms with van der Waals surface area (Å²) < 4.78 is 0. The Morgan fingerprint density at radius 1 is 1.64 bits per heavy atom. The number of aliphatic hydroxyl groups excluding tert-OH is 2. The zero-order chi connectivity index (χ0) is 8.27. The summed E-state index contributed by atoms with van der Waals surface area (Å²) in [4.78, 5) is 0. The summed E-state index contributed by atoms with van der Waals surface area (Å²) in [5.41, 5.74) is 0.970. The Labute approximate surface area is 66.9 Å². The summed E-state index contributed by atoms with van der Waals surface area (Å²) in [5, 5.41) is 18.4. The van der Waals surface area contributed by atoms with Crippen molar-refractivity contribution in [2.45, 2.75) is 32.3 Å². The maximum atomic E-state index is 9.30. The first-order chi connectivity index (χ1) is 5.24. The van der Waals surface area contributed by atoms with Crippen LogP contribution >= 0.6 is 0 Å². The average Bonchev–Trinajstić information content (AvgIpc) is 1.95. The Morgan fingerprint density at radius 3 is 2.91 bits per heavy atom. The van der Waals surface area contributed by atoms with E-state index in [2.05, 4.69) is 6.92 Å². The molecule has 0 aliphatic heterocycles. The van der Waals surface area contributed by atoms with Crippen LogP contribution in [0.25, 0.3) is 0 Å². The highest BCUT2D eigenvalue weighted by Gasteiger charge is 2.11. The number of rotatable bonds is 2. The Balaban J connectivity index is 2.61. The molecule has 1 aliphatic carbocycles. The van der Waals surface area contributed by atoms with E-state index in [-0.39, 0.29) is 5.76 Å². The molecule has 1 atom stereocenters. The van der Waals surface area contributed by atoms with E-state index in [1.165, 1.54) is 6.08 Å². The first-order valence-electron chi connectivity index (χ1n) is 4.02. The summed E-state index contributed by atoms with van der Waals surface area (Å²) in [6.07, 6.45) is 5.48. The predicted octanol–water partition coefficient (Wildman–Crippen LogP) is 1.92. The zero-order valence-corrected chi connectivity index (χ0v) is 6.75. The smallest absolute Gasteiger partial charge is 0.117 e. The average molecular weight is 154 g/mol. The molecule has 1 rings (SSSR count). The molecule has 1 aliphatic rings. The van der Waals surface area contributed by atoms with Crippen molar-refractivity contribution >= 4 is 0 Å². The van der Waals surface area contributed by atoms with Crippen LogP contribution in [0.2, 0.25) is 0 Å². The summed E-state index contributed by atoms with van der Waals surface area (Å²) in [6.45, 7) is 2.07. The fourth-order valence-corrected chi connectivity index (χ4v) is 1.22. The van der Waals surface area contributed by atoms with Crippen molar-refractivity contribution in [3.05, 3.63) is 23.5 Å². The van der Waals surface area contributed by atoms with Gasteiger partial charge in [-0.25, -0.2) is 0 Å². The number of allylic oxidation sites excluding steroid dienone is 1. The van der Waals surface area contributed by atoms with E-state index in [9.17, 15) is 5.11 Å². The summed E-state index contributed by atoms with van der Waals surface area (Å²) in [7, 11) is 0. The zero-order valence-electron chi connectivity index (χ0n) is 6.75. The van der Waals surface area contributed by atoms with Crippen molar-refractivity contribution in [2.24, 2.45) is 0 Å². The lowest BCUT2D eigenvalue weighted by atomic mass is 10.00. The van der Waals surface area contributed by atoms with Gasteiger partial charge in [0.1, 0.15) is 5.76 Å². The van der Waals surface area contributed by atoms with Crippen LogP contribution in [0, 0.1) is 0 Å². The maximum absolute atomic E-state index is 9.30. The Bertz CT molecular complexity index is 192. The normalized spacial score (nSPS) is 24.4. The van der Waals surface area contributed by atoms with Crippen LogP contribution in [0.1, 0.15) is 26.2 Å². The van der Waals surface area contributed by atoms with E-state index < -0.39 is 6.10 Å². The first kappa shape index (κ1) is 8.34. The molecule has 0 spiro atoms. The quantitative estimate of drug-likeness (QED) is 0.638. The largest absolute Gasteiger partial charge is 0.508 e. The highest BCUT2D eigenvalue weighted by Crippen LogP contribution is 2.20. The van der Waals surface area contributed by atoms with Crippen molar-refractivity contribution in [3.63, 3.8) is 0 Å². The van der Waals surface area contributed by atoms with Gasteiger partial charge in [0.15, 0.2) is 0 Å². The maximum Gasteiger partial charge on any atom is 0.117 e. The highest BCUT2D eigenvalue weighted by molar-refractivity contribution is 5.29. The molecule has 2 nitrogen and oxygen atoms in total. The molecule has 1 unspecified atom stereocenters. The molecule has 0 radical (unpaired) electrons. The monoisotopic (exact) mass is 154 g/mol. The second-order valence-corrected chi connectivity index (χ2v) is 2.83. The second kappa shape index (κ2) is 3.58. The van der Waals surface area contributed by atoms with Crippen LogP contribution in [0.5, 0.6) is 0 Å². The molecule has 62 valence electrons. The molecule has 0 aromatic rings. The van der Waals surface area contributed by atoms with E-state index in [1.807, 2.05) is 6.08 Å². The fraction of sp³-hybridized carbons (Fsp3) is 0.556. The van der Waals surface area contributed by atoms with Gasteiger partial charge in [-0.1, -0.05) is 19.4 Å². The number of aliphatic hydroxyl groups is 2. The topological polar surface area (TPSA) is 40.5 Å². The van der Waals surface area contributed by atoms with Crippen molar-refractivity contribution in [2.75, 3.05) is 0 Å². The summed E-state index contributed by atoms with van der Waals surface area (Å²) in [6, 6.07) is 0. The van der Waals surface area contributed by atoms with Gasteiger partial charge in [-0.15, -0.1) is 0 Å². The lowest BCUT2D eigenvalue weighted by molar-refractivity contribution is 0.216. The summed E-state index contributed by atoms with van der Waals surface area (Å²) in [5.74, 6) is 0.255. The molecular formula is C9H14O2. The fourth-order valence-electron chi connectivity index (χ4n) is 1.22. The van der Waals surface area contributed by atoms with E-state index in [0.717, 1.165) is 18.4 Å². The van der Waals surface area contributed by atoms with Crippen LogP contribution in [-0.4, -0.2) is 16.3 Å². The Hall–Kier alpha value is -0.760. The van der Waals surface area contributed by atoms with Gasteiger partial charge in [0, 0.05) is 0 Å². The van der Waals surface area contributed by atoms with Crippen molar-refractivity contribution in [3.8, 4) is 0 Å². The Kier molecular flexibility index (Phi) is 2.71. The standard InChI is InChI=1S/C9H14O2/c1-2-3-7-4-5-8(10)6-9(7)11/h4,6,8,10-11H,2-3,5H2,1H3. The minimum absolute atomic E-state index is 0.255. The molecule has 0 saturated carbocycles. The molecule has 0 bridgehead atoms. The van der Waals surface area contributed by atoms with Gasteiger partial charge in [0.05, 0.1) is 6.10 Å². The molecule has 0 amide bonds. The van der Waals surface area contributed by atoms with Gasteiger partial charge < -0.3 is 10.2 Å². The van der Waals surface area contributed by atoms with Gasteiger partial charge in [0.25, 0.3) is 0 Å². The Morgan fingerprint density at radius 2 is 2.36 bits per heavy atom. The van der Waals surface area contributed by atoms with Crippen LogP contribution in [-0.2, 0) is 0 Å². The van der Waals surface area contributed by atoms with Gasteiger partial charge in [-0.05, 0) is 24.5 Å². The van der Waals surface area contributed by atoms with Crippen molar-refractivity contribution < 1.29 is 10.2 Å². The van der Waals surface area contributed by atoms with E-state index in [0.29, 0.717) is 6.42 Å². The first-order valence-corrected chi connectivity index (χ1v) is 4.02. The van der Waals surface area contributed by atoms with Crippen LogP contribution in [0.4, 0.5) is 0 Å². The molecule has 0 fully saturated rings. The molecule has 11 heavy (non-hydrogen) atoms. The van der Waals surface area contributed by atoms with Crippen molar-refractivity contribution in [1.82, 2.24) is 0 Å². The number of hydrogen-bond donors (Lipinski definition) is 2.